The van der Waals surface area contributed by atoms with Crippen molar-refractivity contribution >= 4 is 11.7 Å². The first kappa shape index (κ1) is 13.2. The van der Waals surface area contributed by atoms with E-state index < -0.39 is 24.9 Å². The highest BCUT2D eigenvalue weighted by molar-refractivity contribution is 5.68. The second-order valence-corrected chi connectivity index (χ2v) is 3.51. The van der Waals surface area contributed by atoms with Crippen LogP contribution in [-0.2, 0) is 4.79 Å². The molecule has 0 atom stereocenters. The molecule has 1 rings (SSSR count). The van der Waals surface area contributed by atoms with Crippen LogP contribution in [-0.4, -0.2) is 30.7 Å². The van der Waals surface area contributed by atoms with Gasteiger partial charge in [-0.05, 0) is 24.3 Å². The minimum atomic E-state index is -3.27. The van der Waals surface area contributed by atoms with Crippen molar-refractivity contribution < 1.29 is 23.4 Å². The van der Waals surface area contributed by atoms with Gasteiger partial charge in [0.1, 0.15) is 12.2 Å². The van der Waals surface area contributed by atoms with E-state index >= 15 is 0 Å². The molecule has 0 aromatic heterocycles. The third-order valence-corrected chi connectivity index (χ3v) is 2.05. The molecule has 0 spiro atoms. The average molecular weight is 245 g/mol. The third kappa shape index (κ3) is 4.67. The maximum atomic E-state index is 13.0. The highest BCUT2D eigenvalue weighted by atomic mass is 19.3. The molecule has 2 N–H and O–H groups in total. The molecular weight excluding hydrogens is 232 g/mol. The van der Waals surface area contributed by atoms with E-state index in [0.717, 1.165) is 0 Å². The fourth-order valence-electron chi connectivity index (χ4n) is 1.22. The molecule has 6 heteroatoms. The van der Waals surface area contributed by atoms with Gasteiger partial charge in [-0.15, -0.1) is 0 Å². The van der Waals surface area contributed by atoms with E-state index in [2.05, 4.69) is 5.32 Å². The Hall–Kier alpha value is -1.85. The van der Waals surface area contributed by atoms with Crippen molar-refractivity contribution in [3.05, 3.63) is 24.3 Å². The molecule has 4 nitrogen and oxygen atoms in total. The Bertz CT molecular complexity index is 379. The van der Waals surface area contributed by atoms with Crippen molar-refractivity contribution in [3.8, 4) is 5.75 Å². The maximum Gasteiger partial charge on any atom is 0.309 e. The lowest BCUT2D eigenvalue weighted by molar-refractivity contribution is -0.144. The molecular formula is C11H13F2NO3. The Morgan fingerprint density at radius 3 is 2.47 bits per heavy atom. The topological polar surface area (TPSA) is 58.6 Å². The van der Waals surface area contributed by atoms with Crippen LogP contribution < -0.4 is 10.1 Å². The van der Waals surface area contributed by atoms with Crippen LogP contribution >= 0.6 is 0 Å². The second kappa shape index (κ2) is 5.47. The molecule has 1 aromatic carbocycles. The molecule has 0 fully saturated rings. The van der Waals surface area contributed by atoms with Gasteiger partial charge in [0.2, 0.25) is 0 Å². The van der Waals surface area contributed by atoms with Crippen LogP contribution in [0.3, 0.4) is 0 Å². The molecule has 17 heavy (non-hydrogen) atoms. The lowest BCUT2D eigenvalue weighted by atomic mass is 10.2. The van der Waals surface area contributed by atoms with Crippen LogP contribution in [0.5, 0.6) is 5.75 Å². The number of rotatable bonds is 6. The normalized spacial score (nSPS) is 11.0. The van der Waals surface area contributed by atoms with E-state index in [9.17, 15) is 13.6 Å². The number of ether oxygens (including phenoxy) is 1. The van der Waals surface area contributed by atoms with E-state index in [1.807, 2.05) is 0 Å². The van der Waals surface area contributed by atoms with Crippen molar-refractivity contribution in [2.45, 2.75) is 12.3 Å². The van der Waals surface area contributed by atoms with Crippen LogP contribution in [0, 0.1) is 0 Å². The van der Waals surface area contributed by atoms with Gasteiger partial charge in [0.25, 0.3) is 5.92 Å². The van der Waals surface area contributed by atoms with Crippen molar-refractivity contribution in [1.82, 2.24) is 0 Å². The number of carboxylic acid groups (broad SMARTS) is 1. The summed E-state index contributed by atoms with van der Waals surface area (Å²) < 4.78 is 31.0. The van der Waals surface area contributed by atoms with Gasteiger partial charge in [0, 0.05) is 5.69 Å². The van der Waals surface area contributed by atoms with Crippen LogP contribution in [0.1, 0.15) is 6.42 Å². The highest BCUT2D eigenvalue weighted by Gasteiger charge is 2.31. The zero-order valence-electron chi connectivity index (χ0n) is 9.24. The van der Waals surface area contributed by atoms with Crippen molar-refractivity contribution in [2.24, 2.45) is 0 Å². The number of benzene rings is 1. The standard InChI is InChI=1S/C11H13F2NO3/c1-17-9-4-2-8(3-5-9)14-7-11(12,13)6-10(15)16/h2-5,14H,6-7H2,1H3,(H,15,16). The number of hydrogen-bond donors (Lipinski definition) is 2. The van der Waals surface area contributed by atoms with E-state index in [4.69, 9.17) is 9.84 Å². The van der Waals surface area contributed by atoms with Crippen molar-refractivity contribution in [3.63, 3.8) is 0 Å². The largest absolute Gasteiger partial charge is 0.497 e. The number of alkyl halides is 2. The molecule has 0 saturated heterocycles. The van der Waals surface area contributed by atoms with Crippen LogP contribution in [0.2, 0.25) is 0 Å². The number of carboxylic acids is 1. The minimum Gasteiger partial charge on any atom is -0.497 e. The number of anilines is 1. The van der Waals surface area contributed by atoms with Crippen LogP contribution in [0.4, 0.5) is 14.5 Å². The van der Waals surface area contributed by atoms with Crippen LogP contribution in [0.15, 0.2) is 24.3 Å². The number of nitrogens with one attached hydrogen (secondary N) is 1. The summed E-state index contributed by atoms with van der Waals surface area (Å²) in [6.45, 7) is -0.717. The molecule has 0 unspecified atom stereocenters. The summed E-state index contributed by atoms with van der Waals surface area (Å²) in [5.41, 5.74) is 0.482. The van der Waals surface area contributed by atoms with Crippen LogP contribution in [0.25, 0.3) is 0 Å². The summed E-state index contributed by atoms with van der Waals surface area (Å²) in [6.07, 6.45) is -1.18. The molecule has 0 saturated carbocycles. The summed E-state index contributed by atoms with van der Waals surface area (Å²) in [4.78, 5) is 10.2. The number of halogens is 2. The van der Waals surface area contributed by atoms with Crippen molar-refractivity contribution in [1.29, 1.82) is 0 Å². The van der Waals surface area contributed by atoms with Gasteiger partial charge in [0.15, 0.2) is 0 Å². The summed E-state index contributed by atoms with van der Waals surface area (Å²) in [5, 5.41) is 10.8. The molecule has 0 bridgehead atoms. The Kier molecular flexibility index (Phi) is 4.25. The Morgan fingerprint density at radius 2 is 2.00 bits per heavy atom. The molecule has 0 heterocycles. The van der Waals surface area contributed by atoms with E-state index in [-0.39, 0.29) is 0 Å². The molecule has 0 aliphatic carbocycles. The monoisotopic (exact) mass is 245 g/mol. The fraction of sp³-hybridized carbons (Fsp3) is 0.364. The van der Waals surface area contributed by atoms with E-state index in [1.54, 1.807) is 24.3 Å². The second-order valence-electron chi connectivity index (χ2n) is 3.51. The number of hydrogen-bond acceptors (Lipinski definition) is 3. The Labute approximate surface area is 97.2 Å². The Morgan fingerprint density at radius 1 is 1.41 bits per heavy atom. The zero-order valence-corrected chi connectivity index (χ0v) is 9.24. The van der Waals surface area contributed by atoms with Gasteiger partial charge in [-0.2, -0.15) is 0 Å². The number of aliphatic carboxylic acids is 1. The number of methoxy groups -OCH3 is 1. The quantitative estimate of drug-likeness (QED) is 0.806. The highest BCUT2D eigenvalue weighted by Crippen LogP contribution is 2.20. The first-order valence-corrected chi connectivity index (χ1v) is 4.90. The molecule has 0 radical (unpaired) electrons. The van der Waals surface area contributed by atoms with Gasteiger partial charge >= 0.3 is 5.97 Å². The first-order valence-electron chi connectivity index (χ1n) is 4.90. The van der Waals surface area contributed by atoms with Gasteiger partial charge in [-0.3, -0.25) is 4.79 Å². The molecule has 94 valence electrons. The van der Waals surface area contributed by atoms with E-state index in [1.165, 1.54) is 7.11 Å². The minimum absolute atomic E-state index is 0.482. The third-order valence-electron chi connectivity index (χ3n) is 2.05. The van der Waals surface area contributed by atoms with Gasteiger partial charge in [-0.1, -0.05) is 0 Å². The predicted molar refractivity (Wildman–Crippen MR) is 58.7 cm³/mol. The molecule has 0 amide bonds. The van der Waals surface area contributed by atoms with Gasteiger partial charge in [-0.25, -0.2) is 8.78 Å². The van der Waals surface area contributed by atoms with Gasteiger partial charge < -0.3 is 15.2 Å². The fourth-order valence-corrected chi connectivity index (χ4v) is 1.22. The van der Waals surface area contributed by atoms with E-state index in [0.29, 0.717) is 11.4 Å². The molecule has 0 aliphatic heterocycles. The average Bonchev–Trinajstić information content (AvgIpc) is 2.25. The SMILES string of the molecule is COc1ccc(NCC(F)(F)CC(=O)O)cc1. The number of carbonyl (C=O) groups is 1. The summed E-state index contributed by atoms with van der Waals surface area (Å²) in [6, 6.07) is 6.40. The predicted octanol–water partition coefficient (Wildman–Crippen LogP) is 2.22. The molecule has 0 aliphatic rings. The van der Waals surface area contributed by atoms with Crippen molar-refractivity contribution in [2.75, 3.05) is 19.0 Å². The van der Waals surface area contributed by atoms with Gasteiger partial charge in [0.05, 0.1) is 13.7 Å². The first-order chi connectivity index (χ1) is 7.93. The molecule has 1 aromatic rings. The maximum absolute atomic E-state index is 13.0. The summed E-state index contributed by atoms with van der Waals surface area (Å²) in [7, 11) is 1.50. The lowest BCUT2D eigenvalue weighted by Crippen LogP contribution is -2.29. The lowest BCUT2D eigenvalue weighted by Gasteiger charge is -2.15. The summed E-state index contributed by atoms with van der Waals surface area (Å²) in [5.74, 6) is -4.18. The smallest absolute Gasteiger partial charge is 0.309 e. The Balaban J connectivity index is 2.51. The summed E-state index contributed by atoms with van der Waals surface area (Å²) >= 11 is 0. The zero-order chi connectivity index (χ0) is 12.9.